The minimum absolute atomic E-state index is 0.211. The Kier molecular flexibility index (Phi) is 2.83. The van der Waals surface area contributed by atoms with Gasteiger partial charge in [-0.2, -0.15) is 0 Å². The third kappa shape index (κ3) is 2.38. The van der Waals surface area contributed by atoms with Gasteiger partial charge in [-0.15, -0.1) is 0 Å². The highest BCUT2D eigenvalue weighted by Crippen LogP contribution is 2.45. The normalized spacial score (nSPS) is 31.5. The fraction of sp³-hybridized carbons (Fsp3) is 0.917. The number of hydrogen-bond donors (Lipinski definition) is 0. The lowest BCUT2D eigenvalue weighted by atomic mass is 10.0. The first-order chi connectivity index (χ1) is 7.71. The van der Waals surface area contributed by atoms with Crippen LogP contribution in [0.3, 0.4) is 0 Å². The largest absolute Gasteiger partial charge is 0.444 e. The van der Waals surface area contributed by atoms with Crippen molar-refractivity contribution in [1.29, 1.82) is 0 Å². The molecule has 2 saturated heterocycles. The molecule has 0 aliphatic carbocycles. The zero-order valence-electron chi connectivity index (χ0n) is 10.5. The van der Waals surface area contributed by atoms with E-state index in [0.29, 0.717) is 12.8 Å². The average Bonchev–Trinajstić information content (AvgIpc) is 2.27. The molecular formula is C12H19F2NO2. The van der Waals surface area contributed by atoms with E-state index in [1.165, 1.54) is 4.90 Å². The molecule has 0 aromatic rings. The molecule has 0 saturated carbocycles. The molecule has 5 heteroatoms. The molecule has 2 fully saturated rings. The Hall–Kier alpha value is -0.870. The van der Waals surface area contributed by atoms with Crippen molar-refractivity contribution >= 4 is 6.09 Å². The molecule has 2 heterocycles. The maximum Gasteiger partial charge on any atom is 0.410 e. The van der Waals surface area contributed by atoms with Crippen LogP contribution in [0.2, 0.25) is 0 Å². The molecule has 0 radical (unpaired) electrons. The van der Waals surface area contributed by atoms with Crippen molar-refractivity contribution in [3.8, 4) is 0 Å². The fourth-order valence-corrected chi connectivity index (χ4v) is 2.74. The second-order valence-electron chi connectivity index (χ2n) is 5.95. The van der Waals surface area contributed by atoms with Crippen LogP contribution in [0.5, 0.6) is 0 Å². The molecule has 0 aromatic carbocycles. The maximum absolute atomic E-state index is 13.7. The van der Waals surface area contributed by atoms with Crippen molar-refractivity contribution in [3.05, 3.63) is 0 Å². The van der Waals surface area contributed by atoms with Crippen molar-refractivity contribution < 1.29 is 18.3 Å². The van der Waals surface area contributed by atoms with Crippen LogP contribution in [0.15, 0.2) is 0 Å². The molecule has 0 aromatic heterocycles. The lowest BCUT2D eigenvalue weighted by molar-refractivity contribution is -0.0471. The van der Waals surface area contributed by atoms with Gasteiger partial charge in [0.25, 0.3) is 5.92 Å². The summed E-state index contributed by atoms with van der Waals surface area (Å²) in [6, 6.07) is -1.31. The molecule has 2 atom stereocenters. The predicted molar refractivity (Wildman–Crippen MR) is 59.1 cm³/mol. The number of fused-ring (bicyclic) bond motifs is 2. The quantitative estimate of drug-likeness (QED) is 0.658. The Labute approximate surface area is 100 Å². The Morgan fingerprint density at radius 3 is 2.53 bits per heavy atom. The molecule has 2 rings (SSSR count). The first-order valence-corrected chi connectivity index (χ1v) is 6.10. The fourth-order valence-electron chi connectivity index (χ4n) is 2.74. The van der Waals surface area contributed by atoms with E-state index in [0.717, 1.165) is 6.42 Å². The van der Waals surface area contributed by atoms with Crippen molar-refractivity contribution in [2.75, 3.05) is 0 Å². The number of halogens is 2. The second kappa shape index (κ2) is 3.82. The summed E-state index contributed by atoms with van der Waals surface area (Å²) in [6.07, 6.45) is 0.999. The lowest BCUT2D eigenvalue weighted by Gasteiger charge is -2.36. The van der Waals surface area contributed by atoms with Gasteiger partial charge in [0.15, 0.2) is 0 Å². The van der Waals surface area contributed by atoms with Crippen LogP contribution in [0, 0.1) is 0 Å². The predicted octanol–water partition coefficient (Wildman–Crippen LogP) is 3.18. The second-order valence-corrected chi connectivity index (χ2v) is 5.95. The summed E-state index contributed by atoms with van der Waals surface area (Å²) in [6.45, 7) is 5.23. The SMILES string of the molecule is CC(C)(C)OC(=O)N1C2CCC[C@H]1CC2(F)F. The molecule has 2 aliphatic rings. The van der Waals surface area contributed by atoms with Crippen molar-refractivity contribution in [1.82, 2.24) is 4.90 Å². The summed E-state index contributed by atoms with van der Waals surface area (Å²) in [7, 11) is 0. The van der Waals surface area contributed by atoms with Crippen LogP contribution < -0.4 is 0 Å². The molecule has 1 unspecified atom stereocenters. The average molecular weight is 247 g/mol. The summed E-state index contributed by atoms with van der Waals surface area (Å²) >= 11 is 0. The van der Waals surface area contributed by atoms with Gasteiger partial charge in [0.05, 0.1) is 6.04 Å². The van der Waals surface area contributed by atoms with Crippen LogP contribution >= 0.6 is 0 Å². The summed E-state index contributed by atoms with van der Waals surface area (Å²) in [4.78, 5) is 13.2. The first kappa shape index (κ1) is 12.6. The van der Waals surface area contributed by atoms with Gasteiger partial charge in [-0.25, -0.2) is 13.6 Å². The van der Waals surface area contributed by atoms with Gasteiger partial charge < -0.3 is 4.74 Å². The van der Waals surface area contributed by atoms with E-state index in [1.54, 1.807) is 20.8 Å². The third-order valence-corrected chi connectivity index (χ3v) is 3.34. The molecule has 1 amide bonds. The maximum atomic E-state index is 13.7. The van der Waals surface area contributed by atoms with Crippen LogP contribution in [-0.4, -0.2) is 34.6 Å². The molecule has 2 bridgehead atoms. The van der Waals surface area contributed by atoms with Crippen molar-refractivity contribution in [2.24, 2.45) is 0 Å². The standard InChI is InChI=1S/C12H19F2NO2/c1-11(2,3)17-10(16)15-8-5-4-6-9(15)12(13,14)7-8/h8-9H,4-7H2,1-3H3/t8-,9?/m0/s1. The molecule has 98 valence electrons. The molecule has 17 heavy (non-hydrogen) atoms. The van der Waals surface area contributed by atoms with Crippen LogP contribution in [0.25, 0.3) is 0 Å². The van der Waals surface area contributed by atoms with E-state index in [2.05, 4.69) is 0 Å². The summed E-state index contributed by atoms with van der Waals surface area (Å²) in [5, 5.41) is 0. The van der Waals surface area contributed by atoms with Gasteiger partial charge in [0, 0.05) is 12.5 Å². The zero-order chi connectivity index (χ0) is 12.8. The number of hydrogen-bond acceptors (Lipinski definition) is 2. The summed E-state index contributed by atoms with van der Waals surface area (Å²) < 4.78 is 32.6. The minimum atomic E-state index is -2.75. The Morgan fingerprint density at radius 1 is 1.35 bits per heavy atom. The summed E-state index contributed by atoms with van der Waals surface area (Å²) in [5.41, 5.74) is -0.636. The number of carbonyl (C=O) groups is 1. The van der Waals surface area contributed by atoms with E-state index in [1.807, 2.05) is 0 Å². The Bertz CT molecular complexity index is 325. The van der Waals surface area contributed by atoms with E-state index >= 15 is 0 Å². The van der Waals surface area contributed by atoms with Gasteiger partial charge in [-0.3, -0.25) is 4.90 Å². The molecule has 0 N–H and O–H groups in total. The molecule has 0 spiro atoms. The Morgan fingerprint density at radius 2 is 2.00 bits per heavy atom. The monoisotopic (exact) mass is 247 g/mol. The Balaban J connectivity index is 2.14. The number of piperidine rings is 1. The van der Waals surface area contributed by atoms with Crippen molar-refractivity contribution in [3.63, 3.8) is 0 Å². The number of rotatable bonds is 0. The molecule has 3 nitrogen and oxygen atoms in total. The number of carbonyl (C=O) groups excluding carboxylic acids is 1. The molecule has 2 aliphatic heterocycles. The lowest BCUT2D eigenvalue weighted by Crippen LogP contribution is -2.49. The van der Waals surface area contributed by atoms with E-state index in [9.17, 15) is 13.6 Å². The number of amides is 1. The van der Waals surface area contributed by atoms with Crippen LogP contribution in [-0.2, 0) is 4.74 Å². The van der Waals surface area contributed by atoms with Crippen molar-refractivity contribution in [2.45, 2.75) is 70.1 Å². The highest BCUT2D eigenvalue weighted by Gasteiger charge is 2.57. The van der Waals surface area contributed by atoms with Gasteiger partial charge >= 0.3 is 6.09 Å². The smallest absolute Gasteiger partial charge is 0.410 e. The van der Waals surface area contributed by atoms with Gasteiger partial charge in [0.1, 0.15) is 5.60 Å². The minimum Gasteiger partial charge on any atom is -0.444 e. The van der Waals surface area contributed by atoms with E-state index in [4.69, 9.17) is 4.74 Å². The number of nitrogens with zero attached hydrogens (tertiary/aromatic N) is 1. The van der Waals surface area contributed by atoms with E-state index < -0.39 is 23.7 Å². The van der Waals surface area contributed by atoms with Crippen LogP contribution in [0.4, 0.5) is 13.6 Å². The topological polar surface area (TPSA) is 29.5 Å². The van der Waals surface area contributed by atoms with Gasteiger partial charge in [0.2, 0.25) is 0 Å². The molecular weight excluding hydrogens is 228 g/mol. The highest BCUT2D eigenvalue weighted by atomic mass is 19.3. The van der Waals surface area contributed by atoms with Gasteiger partial charge in [-0.05, 0) is 40.0 Å². The highest BCUT2D eigenvalue weighted by molar-refractivity contribution is 5.70. The van der Waals surface area contributed by atoms with E-state index in [-0.39, 0.29) is 12.5 Å². The van der Waals surface area contributed by atoms with Gasteiger partial charge in [-0.1, -0.05) is 0 Å². The number of ether oxygens (including phenoxy) is 1. The van der Waals surface area contributed by atoms with Crippen LogP contribution in [0.1, 0.15) is 46.5 Å². The third-order valence-electron chi connectivity index (χ3n) is 3.34. The first-order valence-electron chi connectivity index (χ1n) is 6.10. The zero-order valence-corrected chi connectivity index (χ0v) is 10.5. The number of alkyl halides is 2. The summed E-state index contributed by atoms with van der Waals surface area (Å²) in [5.74, 6) is -2.75.